The van der Waals surface area contributed by atoms with Crippen molar-refractivity contribution in [3.05, 3.63) is 82.9 Å². The number of rotatable bonds is 6. The van der Waals surface area contributed by atoms with Crippen molar-refractivity contribution in [1.82, 2.24) is 14.2 Å². The zero-order chi connectivity index (χ0) is 20.4. The van der Waals surface area contributed by atoms with E-state index < -0.39 is 6.10 Å². The second-order valence-electron chi connectivity index (χ2n) is 6.64. The average molecular weight is 391 g/mol. The number of aliphatic hydroxyl groups is 1. The Morgan fingerprint density at radius 3 is 2.48 bits per heavy atom. The maximum Gasteiger partial charge on any atom is 0.276 e. The largest absolute Gasteiger partial charge is 0.497 e. The van der Waals surface area contributed by atoms with E-state index in [1.54, 1.807) is 61.5 Å². The maximum absolute atomic E-state index is 12.9. The molecule has 0 amide bonds. The van der Waals surface area contributed by atoms with Crippen LogP contribution in [0.1, 0.15) is 11.7 Å². The summed E-state index contributed by atoms with van der Waals surface area (Å²) in [5, 5.41) is 15.0. The van der Waals surface area contributed by atoms with Gasteiger partial charge in [0.15, 0.2) is 0 Å². The van der Waals surface area contributed by atoms with Crippen molar-refractivity contribution in [3.8, 4) is 22.8 Å². The highest BCUT2D eigenvalue weighted by molar-refractivity contribution is 5.66. The van der Waals surface area contributed by atoms with Gasteiger partial charge in [-0.2, -0.15) is 5.10 Å². The maximum atomic E-state index is 12.9. The van der Waals surface area contributed by atoms with Gasteiger partial charge < -0.3 is 19.1 Å². The van der Waals surface area contributed by atoms with Crippen LogP contribution in [0.15, 0.2) is 71.8 Å². The second kappa shape index (κ2) is 7.81. The minimum Gasteiger partial charge on any atom is -0.497 e. The van der Waals surface area contributed by atoms with Crippen LogP contribution in [0.2, 0.25) is 0 Å². The first-order chi connectivity index (χ1) is 14.1. The lowest BCUT2D eigenvalue weighted by Crippen LogP contribution is -2.24. The van der Waals surface area contributed by atoms with E-state index in [2.05, 4.69) is 5.10 Å². The number of aliphatic hydroxyl groups excluding tert-OH is 1. The fourth-order valence-corrected chi connectivity index (χ4v) is 3.21. The lowest BCUT2D eigenvalue weighted by atomic mass is 10.1. The first-order valence-corrected chi connectivity index (χ1v) is 9.14. The SMILES string of the molecule is COc1ccc(C(O)Cn2ccn3nc(-c4cccc(OC)c4)cc3c2=O)cc1. The molecule has 29 heavy (non-hydrogen) atoms. The molecule has 0 saturated heterocycles. The summed E-state index contributed by atoms with van der Waals surface area (Å²) < 4.78 is 13.4. The molecular formula is C22H21N3O4. The summed E-state index contributed by atoms with van der Waals surface area (Å²) in [7, 11) is 3.20. The zero-order valence-corrected chi connectivity index (χ0v) is 16.1. The van der Waals surface area contributed by atoms with Crippen molar-refractivity contribution < 1.29 is 14.6 Å². The molecule has 148 valence electrons. The quantitative estimate of drug-likeness (QED) is 0.547. The van der Waals surface area contributed by atoms with Crippen LogP contribution in [0.5, 0.6) is 11.5 Å². The summed E-state index contributed by atoms with van der Waals surface area (Å²) in [4.78, 5) is 12.9. The third kappa shape index (κ3) is 3.72. The molecule has 0 bridgehead atoms. The molecule has 1 N–H and O–H groups in total. The zero-order valence-electron chi connectivity index (χ0n) is 16.1. The van der Waals surface area contributed by atoms with Gasteiger partial charge in [-0.3, -0.25) is 4.79 Å². The van der Waals surface area contributed by atoms with Gasteiger partial charge in [0.25, 0.3) is 5.56 Å². The van der Waals surface area contributed by atoms with E-state index >= 15 is 0 Å². The molecule has 4 rings (SSSR count). The van der Waals surface area contributed by atoms with E-state index in [1.165, 1.54) is 4.57 Å². The van der Waals surface area contributed by atoms with Crippen LogP contribution in [0.25, 0.3) is 16.8 Å². The monoisotopic (exact) mass is 391 g/mol. The molecule has 0 aliphatic rings. The second-order valence-corrected chi connectivity index (χ2v) is 6.64. The molecule has 0 saturated carbocycles. The molecule has 2 aromatic carbocycles. The Balaban J connectivity index is 1.64. The third-order valence-corrected chi connectivity index (χ3v) is 4.84. The van der Waals surface area contributed by atoms with Gasteiger partial charge >= 0.3 is 0 Å². The Labute approximate surface area is 167 Å². The van der Waals surface area contributed by atoms with Crippen LogP contribution < -0.4 is 15.0 Å². The number of fused-ring (bicyclic) bond motifs is 1. The molecule has 1 unspecified atom stereocenters. The van der Waals surface area contributed by atoms with Crippen LogP contribution in [-0.2, 0) is 6.54 Å². The molecule has 0 aliphatic heterocycles. The molecule has 1 atom stereocenters. The van der Waals surface area contributed by atoms with Gasteiger partial charge in [0.05, 0.1) is 32.6 Å². The Morgan fingerprint density at radius 2 is 1.76 bits per heavy atom. The van der Waals surface area contributed by atoms with E-state index in [4.69, 9.17) is 9.47 Å². The van der Waals surface area contributed by atoms with Gasteiger partial charge in [0.1, 0.15) is 17.0 Å². The molecule has 4 aromatic rings. The van der Waals surface area contributed by atoms with Crippen molar-refractivity contribution >= 4 is 5.52 Å². The van der Waals surface area contributed by atoms with Gasteiger partial charge in [-0.1, -0.05) is 24.3 Å². The summed E-state index contributed by atoms with van der Waals surface area (Å²) in [6, 6.07) is 16.4. The highest BCUT2D eigenvalue weighted by atomic mass is 16.5. The predicted molar refractivity (Wildman–Crippen MR) is 109 cm³/mol. The molecular weight excluding hydrogens is 370 g/mol. The number of methoxy groups -OCH3 is 2. The van der Waals surface area contributed by atoms with Gasteiger partial charge in [-0.15, -0.1) is 0 Å². The Bertz CT molecular complexity index is 1190. The van der Waals surface area contributed by atoms with Crippen LogP contribution >= 0.6 is 0 Å². The first kappa shape index (κ1) is 18.8. The molecule has 0 spiro atoms. The average Bonchev–Trinajstić information content (AvgIpc) is 3.21. The van der Waals surface area contributed by atoms with E-state index in [0.717, 1.165) is 11.3 Å². The number of nitrogens with zero attached hydrogens (tertiary/aromatic N) is 3. The molecule has 2 aromatic heterocycles. The van der Waals surface area contributed by atoms with E-state index in [-0.39, 0.29) is 12.1 Å². The highest BCUT2D eigenvalue weighted by Crippen LogP contribution is 2.23. The van der Waals surface area contributed by atoms with E-state index in [0.29, 0.717) is 22.5 Å². The lowest BCUT2D eigenvalue weighted by Gasteiger charge is -2.13. The number of hydrogen-bond donors (Lipinski definition) is 1. The fraction of sp³-hybridized carbons (Fsp3) is 0.182. The molecule has 7 nitrogen and oxygen atoms in total. The molecule has 0 aliphatic carbocycles. The third-order valence-electron chi connectivity index (χ3n) is 4.84. The van der Waals surface area contributed by atoms with Crippen LogP contribution in [-0.4, -0.2) is 33.5 Å². The number of hydrogen-bond acceptors (Lipinski definition) is 5. The van der Waals surface area contributed by atoms with Crippen molar-refractivity contribution in [2.24, 2.45) is 0 Å². The number of aromatic nitrogens is 3. The van der Waals surface area contributed by atoms with Crippen LogP contribution in [0.3, 0.4) is 0 Å². The fourth-order valence-electron chi connectivity index (χ4n) is 3.21. The topological polar surface area (TPSA) is 78.0 Å². The summed E-state index contributed by atoms with van der Waals surface area (Å²) in [6.45, 7) is 0.140. The van der Waals surface area contributed by atoms with Crippen molar-refractivity contribution in [2.45, 2.75) is 12.6 Å². The van der Waals surface area contributed by atoms with Gasteiger partial charge in [-0.25, -0.2) is 4.52 Å². The minimum atomic E-state index is -0.818. The van der Waals surface area contributed by atoms with Gasteiger partial charge in [0.2, 0.25) is 0 Å². The number of ether oxygens (including phenoxy) is 2. The standard InChI is InChI=1S/C22H21N3O4/c1-28-17-8-6-15(7-9-17)21(26)14-24-10-11-25-20(22(24)27)13-19(23-25)16-4-3-5-18(12-16)29-2/h3-13,21,26H,14H2,1-2H3. The molecule has 0 fully saturated rings. The molecule has 7 heteroatoms. The number of benzene rings is 2. The van der Waals surface area contributed by atoms with E-state index in [9.17, 15) is 9.90 Å². The molecule has 0 radical (unpaired) electrons. The smallest absolute Gasteiger partial charge is 0.276 e. The lowest BCUT2D eigenvalue weighted by molar-refractivity contribution is 0.155. The summed E-state index contributed by atoms with van der Waals surface area (Å²) in [5.74, 6) is 1.43. The molecule has 2 heterocycles. The predicted octanol–water partition coefficient (Wildman–Crippen LogP) is 2.91. The van der Waals surface area contributed by atoms with Crippen molar-refractivity contribution in [1.29, 1.82) is 0 Å². The van der Waals surface area contributed by atoms with Crippen molar-refractivity contribution in [3.63, 3.8) is 0 Å². The summed E-state index contributed by atoms with van der Waals surface area (Å²) >= 11 is 0. The Kier molecular flexibility index (Phi) is 5.05. The minimum absolute atomic E-state index is 0.140. The Hall–Kier alpha value is -3.58. The summed E-state index contributed by atoms with van der Waals surface area (Å²) in [6.07, 6.45) is 2.52. The Morgan fingerprint density at radius 1 is 1.00 bits per heavy atom. The van der Waals surface area contributed by atoms with Crippen LogP contribution in [0.4, 0.5) is 0 Å². The van der Waals surface area contributed by atoms with Crippen molar-refractivity contribution in [2.75, 3.05) is 14.2 Å². The van der Waals surface area contributed by atoms with Gasteiger partial charge in [0, 0.05) is 18.0 Å². The van der Waals surface area contributed by atoms with Gasteiger partial charge in [-0.05, 0) is 35.9 Å². The first-order valence-electron chi connectivity index (χ1n) is 9.14. The van der Waals surface area contributed by atoms with Crippen LogP contribution in [0, 0.1) is 0 Å². The van der Waals surface area contributed by atoms with E-state index in [1.807, 2.05) is 24.3 Å². The highest BCUT2D eigenvalue weighted by Gasteiger charge is 2.13. The summed E-state index contributed by atoms with van der Waals surface area (Å²) in [5.41, 5.74) is 2.46. The normalized spacial score (nSPS) is 12.1.